The van der Waals surface area contributed by atoms with Crippen LogP contribution in [0.4, 0.5) is 14.6 Å². The monoisotopic (exact) mass is 429 g/mol. The van der Waals surface area contributed by atoms with Crippen LogP contribution >= 0.6 is 11.6 Å². The van der Waals surface area contributed by atoms with Gasteiger partial charge in [-0.25, -0.2) is 18.7 Å². The summed E-state index contributed by atoms with van der Waals surface area (Å²) in [6, 6.07) is 6.45. The first-order chi connectivity index (χ1) is 14.5. The van der Waals surface area contributed by atoms with Gasteiger partial charge in [0.1, 0.15) is 28.7 Å². The maximum Gasteiger partial charge on any atom is 0.319 e. The Morgan fingerprint density at radius 1 is 1.07 bits per heavy atom. The van der Waals surface area contributed by atoms with Crippen molar-refractivity contribution in [2.24, 2.45) is 0 Å². The molecule has 0 aliphatic heterocycles. The van der Waals surface area contributed by atoms with Crippen molar-refractivity contribution in [1.82, 2.24) is 19.9 Å². The van der Waals surface area contributed by atoms with Gasteiger partial charge in [-0.05, 0) is 24.3 Å². The number of ether oxygens (including phenoxy) is 1. The van der Waals surface area contributed by atoms with E-state index in [-0.39, 0.29) is 45.5 Å². The van der Waals surface area contributed by atoms with Crippen molar-refractivity contribution in [2.45, 2.75) is 6.42 Å². The molecule has 0 fully saturated rings. The Morgan fingerprint density at radius 2 is 1.83 bits per heavy atom. The van der Waals surface area contributed by atoms with E-state index in [9.17, 15) is 9.50 Å². The number of rotatable bonds is 5. The normalized spacial score (nSPS) is 11.0. The minimum Gasteiger partial charge on any atom is -0.507 e. The zero-order valence-corrected chi connectivity index (χ0v) is 16.1. The van der Waals surface area contributed by atoms with Crippen LogP contribution in [0.1, 0.15) is 5.82 Å². The SMILES string of the molecule is Nc1nc(OCCc2ncccn2)nc2c(F)c(-c3c(O)cccc3F)c(Cl)cc12. The minimum atomic E-state index is -0.955. The third kappa shape index (κ3) is 3.67. The number of hydrogen-bond acceptors (Lipinski definition) is 7. The van der Waals surface area contributed by atoms with E-state index in [4.69, 9.17) is 22.1 Å². The number of fused-ring (bicyclic) bond motifs is 1. The van der Waals surface area contributed by atoms with Gasteiger partial charge in [0, 0.05) is 29.8 Å². The summed E-state index contributed by atoms with van der Waals surface area (Å²) in [7, 11) is 0. The standard InChI is InChI=1S/C20H14ClF2N5O2/c21-11-9-10-18(17(23)15(11)16-12(22)3-1-4-13(16)29)27-20(28-19(10)24)30-8-5-14-25-6-2-7-26-14/h1-4,6-7,9,29H,5,8H2,(H2,24,27,28). The van der Waals surface area contributed by atoms with Crippen LogP contribution in [0.25, 0.3) is 22.0 Å². The second-order valence-electron chi connectivity index (χ2n) is 6.23. The molecule has 4 rings (SSSR count). The summed E-state index contributed by atoms with van der Waals surface area (Å²) in [5.74, 6) is -1.76. The summed E-state index contributed by atoms with van der Waals surface area (Å²) in [6.07, 6.45) is 3.58. The highest BCUT2D eigenvalue weighted by molar-refractivity contribution is 6.34. The average Bonchev–Trinajstić information content (AvgIpc) is 2.72. The van der Waals surface area contributed by atoms with Crippen molar-refractivity contribution in [3.63, 3.8) is 0 Å². The number of nitrogens with two attached hydrogens (primary N) is 1. The fourth-order valence-electron chi connectivity index (χ4n) is 2.94. The Labute approximate surface area is 174 Å². The van der Waals surface area contributed by atoms with E-state index in [1.165, 1.54) is 18.2 Å². The quantitative estimate of drug-likeness (QED) is 0.495. The van der Waals surface area contributed by atoms with E-state index in [0.717, 1.165) is 6.07 Å². The van der Waals surface area contributed by atoms with Gasteiger partial charge in [-0.15, -0.1) is 0 Å². The molecule has 0 radical (unpaired) electrons. The number of aromatic hydroxyl groups is 1. The van der Waals surface area contributed by atoms with Crippen molar-refractivity contribution in [1.29, 1.82) is 0 Å². The van der Waals surface area contributed by atoms with Crippen LogP contribution in [0.15, 0.2) is 42.7 Å². The molecular formula is C20H14ClF2N5O2. The van der Waals surface area contributed by atoms with E-state index in [1.54, 1.807) is 18.5 Å². The molecule has 0 saturated heterocycles. The molecule has 0 aliphatic rings. The summed E-state index contributed by atoms with van der Waals surface area (Å²) in [6.45, 7) is 0.130. The molecule has 7 nitrogen and oxygen atoms in total. The number of phenolic OH excluding ortho intramolecular Hbond substituents is 1. The summed E-state index contributed by atoms with van der Waals surface area (Å²) in [5.41, 5.74) is 5.00. The summed E-state index contributed by atoms with van der Waals surface area (Å²) < 4.78 is 35.1. The van der Waals surface area contributed by atoms with Crippen LogP contribution in [-0.4, -0.2) is 31.6 Å². The lowest BCUT2D eigenvalue weighted by Gasteiger charge is -2.13. The molecule has 0 saturated carbocycles. The van der Waals surface area contributed by atoms with Crippen LogP contribution < -0.4 is 10.5 Å². The Morgan fingerprint density at radius 3 is 2.57 bits per heavy atom. The highest BCUT2D eigenvalue weighted by Crippen LogP contribution is 2.41. The molecule has 0 unspecified atom stereocenters. The van der Waals surface area contributed by atoms with Crippen molar-refractivity contribution in [3.8, 4) is 22.9 Å². The highest BCUT2D eigenvalue weighted by Gasteiger charge is 2.23. The third-order valence-electron chi connectivity index (χ3n) is 4.31. The van der Waals surface area contributed by atoms with Crippen LogP contribution in [0, 0.1) is 11.6 Å². The Bertz CT molecular complexity index is 1220. The van der Waals surface area contributed by atoms with Gasteiger partial charge in [0.15, 0.2) is 5.82 Å². The highest BCUT2D eigenvalue weighted by atomic mass is 35.5. The second-order valence-corrected chi connectivity index (χ2v) is 6.64. The largest absolute Gasteiger partial charge is 0.507 e. The van der Waals surface area contributed by atoms with Gasteiger partial charge in [0.2, 0.25) is 0 Å². The van der Waals surface area contributed by atoms with Gasteiger partial charge in [0.05, 0.1) is 17.2 Å². The van der Waals surface area contributed by atoms with Crippen molar-refractivity contribution < 1.29 is 18.6 Å². The lowest BCUT2D eigenvalue weighted by Crippen LogP contribution is -2.08. The van der Waals surface area contributed by atoms with Crippen LogP contribution in [-0.2, 0) is 6.42 Å². The van der Waals surface area contributed by atoms with E-state index < -0.39 is 17.4 Å². The fourth-order valence-corrected chi connectivity index (χ4v) is 3.23. The first kappa shape index (κ1) is 19.7. The van der Waals surface area contributed by atoms with E-state index in [2.05, 4.69) is 19.9 Å². The number of nitrogen functional groups attached to an aromatic ring is 1. The molecule has 0 bridgehead atoms. The number of nitrogens with zero attached hydrogens (tertiary/aromatic N) is 4. The molecule has 0 amide bonds. The number of benzene rings is 2. The molecule has 4 aromatic rings. The zero-order valence-electron chi connectivity index (χ0n) is 15.3. The van der Waals surface area contributed by atoms with Crippen LogP contribution in [0.5, 0.6) is 11.8 Å². The molecule has 0 atom stereocenters. The van der Waals surface area contributed by atoms with Gasteiger partial charge >= 0.3 is 6.01 Å². The van der Waals surface area contributed by atoms with Gasteiger partial charge in [-0.1, -0.05) is 17.7 Å². The summed E-state index contributed by atoms with van der Waals surface area (Å²) in [5, 5.41) is 10.0. The van der Waals surface area contributed by atoms with Crippen LogP contribution in [0.3, 0.4) is 0 Å². The molecule has 30 heavy (non-hydrogen) atoms. The van der Waals surface area contributed by atoms with E-state index >= 15 is 4.39 Å². The third-order valence-corrected chi connectivity index (χ3v) is 4.61. The van der Waals surface area contributed by atoms with Crippen molar-refractivity contribution >= 4 is 28.3 Å². The Kier molecular flexibility index (Phi) is 5.28. The molecule has 2 aromatic heterocycles. The number of aromatic nitrogens is 4. The lowest BCUT2D eigenvalue weighted by atomic mass is 10.0. The topological polar surface area (TPSA) is 107 Å². The van der Waals surface area contributed by atoms with Gasteiger partial charge in [-0.3, -0.25) is 0 Å². The first-order valence-electron chi connectivity index (χ1n) is 8.77. The molecule has 0 spiro atoms. The Balaban J connectivity index is 1.74. The number of hydrogen-bond donors (Lipinski definition) is 2. The van der Waals surface area contributed by atoms with E-state index in [0.29, 0.717) is 12.2 Å². The molecule has 3 N–H and O–H groups in total. The fraction of sp³-hybridized carbons (Fsp3) is 0.100. The summed E-state index contributed by atoms with van der Waals surface area (Å²) >= 11 is 6.18. The van der Waals surface area contributed by atoms with E-state index in [1.807, 2.05) is 0 Å². The van der Waals surface area contributed by atoms with Crippen molar-refractivity contribution in [3.05, 3.63) is 65.2 Å². The maximum absolute atomic E-state index is 15.3. The zero-order chi connectivity index (χ0) is 21.3. The molecule has 10 heteroatoms. The lowest BCUT2D eigenvalue weighted by molar-refractivity contribution is 0.295. The number of anilines is 1. The molecule has 0 aliphatic carbocycles. The molecular weight excluding hydrogens is 416 g/mol. The Hall–Kier alpha value is -3.59. The molecule has 152 valence electrons. The second kappa shape index (κ2) is 8.03. The van der Waals surface area contributed by atoms with Gasteiger partial charge in [0.25, 0.3) is 0 Å². The summed E-state index contributed by atoms with van der Waals surface area (Å²) in [4.78, 5) is 16.2. The predicted molar refractivity (Wildman–Crippen MR) is 107 cm³/mol. The van der Waals surface area contributed by atoms with Gasteiger partial charge in [-0.2, -0.15) is 9.97 Å². The van der Waals surface area contributed by atoms with Crippen molar-refractivity contribution in [2.75, 3.05) is 12.3 Å². The number of halogens is 3. The van der Waals surface area contributed by atoms with Crippen LogP contribution in [0.2, 0.25) is 5.02 Å². The minimum absolute atomic E-state index is 0.0592. The average molecular weight is 430 g/mol. The predicted octanol–water partition coefficient (Wildman–Crippen LogP) is 3.93. The first-order valence-corrected chi connectivity index (χ1v) is 9.15. The van der Waals surface area contributed by atoms with Gasteiger partial charge < -0.3 is 15.6 Å². The number of phenols is 1. The molecule has 2 heterocycles. The maximum atomic E-state index is 15.3. The smallest absolute Gasteiger partial charge is 0.319 e. The molecule has 2 aromatic carbocycles.